The van der Waals surface area contributed by atoms with Crippen LogP contribution in [0.3, 0.4) is 0 Å². The Labute approximate surface area is 48.1 Å². The Kier molecular flexibility index (Phi) is 2.62. The maximum absolute atomic E-state index is 10.1. The third kappa shape index (κ3) is 3.15. The van der Waals surface area contributed by atoms with Crippen molar-refractivity contribution in [1.29, 1.82) is 0 Å². The fourth-order valence-corrected chi connectivity index (χ4v) is 0.267. The fraction of sp³-hybridized carbons (Fsp3) is 0.167. The minimum Gasteiger partial charge on any atom is -0.508 e. The van der Waals surface area contributed by atoms with E-state index >= 15 is 0 Å². The molecule has 0 heterocycles. The number of allylic oxidation sites excluding steroid dienone is 2. The van der Waals surface area contributed by atoms with E-state index in [1.54, 1.807) is 0 Å². The molecule has 0 fully saturated rings. The molecule has 2 nitrogen and oxygen atoms in total. The van der Waals surface area contributed by atoms with Crippen LogP contribution in [0.15, 0.2) is 24.5 Å². The Morgan fingerprint density at radius 2 is 2.25 bits per heavy atom. The van der Waals surface area contributed by atoms with E-state index in [2.05, 4.69) is 6.58 Å². The van der Waals surface area contributed by atoms with Crippen molar-refractivity contribution >= 4 is 5.78 Å². The van der Waals surface area contributed by atoms with Gasteiger partial charge in [0.2, 0.25) is 0 Å². The molecule has 0 saturated heterocycles. The molecule has 0 rings (SSSR count). The molecule has 44 valence electrons. The van der Waals surface area contributed by atoms with Gasteiger partial charge in [-0.3, -0.25) is 4.79 Å². The standard InChI is InChI=1S/C6H8O2/c1-3-6(8)4-5(2)7/h3-4,8H,1H2,2H3/b6-4-. The molecule has 0 radical (unpaired) electrons. The summed E-state index contributed by atoms with van der Waals surface area (Å²) in [5, 5.41) is 8.55. The maximum Gasteiger partial charge on any atom is 0.156 e. The maximum atomic E-state index is 10.1. The molecule has 0 aromatic carbocycles. The summed E-state index contributed by atoms with van der Waals surface area (Å²) < 4.78 is 0. The summed E-state index contributed by atoms with van der Waals surface area (Å²) in [6, 6.07) is 0. The van der Waals surface area contributed by atoms with Gasteiger partial charge >= 0.3 is 0 Å². The second-order valence-electron chi connectivity index (χ2n) is 1.38. The molecule has 2 heteroatoms. The highest BCUT2D eigenvalue weighted by atomic mass is 16.3. The zero-order valence-corrected chi connectivity index (χ0v) is 4.72. The van der Waals surface area contributed by atoms with Crippen LogP contribution < -0.4 is 0 Å². The molecule has 0 aliphatic carbocycles. The Balaban J connectivity index is 3.94. The second kappa shape index (κ2) is 3.02. The molecular weight excluding hydrogens is 104 g/mol. The van der Waals surface area contributed by atoms with Gasteiger partial charge in [0.05, 0.1) is 0 Å². The zero-order chi connectivity index (χ0) is 6.57. The molecule has 0 aliphatic heterocycles. The number of rotatable bonds is 2. The van der Waals surface area contributed by atoms with Crippen LogP contribution >= 0.6 is 0 Å². The van der Waals surface area contributed by atoms with Gasteiger partial charge in [-0.2, -0.15) is 0 Å². The summed E-state index contributed by atoms with van der Waals surface area (Å²) in [5.74, 6) is -0.264. The monoisotopic (exact) mass is 112 g/mol. The lowest BCUT2D eigenvalue weighted by Crippen LogP contribution is -1.83. The highest BCUT2D eigenvalue weighted by Crippen LogP contribution is 1.86. The van der Waals surface area contributed by atoms with E-state index in [1.807, 2.05) is 0 Å². The van der Waals surface area contributed by atoms with Crippen molar-refractivity contribution in [3.63, 3.8) is 0 Å². The van der Waals surface area contributed by atoms with Crippen molar-refractivity contribution < 1.29 is 9.90 Å². The van der Waals surface area contributed by atoms with E-state index in [0.717, 1.165) is 6.08 Å². The van der Waals surface area contributed by atoms with Crippen LogP contribution in [0.25, 0.3) is 0 Å². The second-order valence-corrected chi connectivity index (χ2v) is 1.38. The topological polar surface area (TPSA) is 37.3 Å². The number of ketones is 1. The quantitative estimate of drug-likeness (QED) is 0.331. The van der Waals surface area contributed by atoms with Gasteiger partial charge in [0.1, 0.15) is 5.76 Å². The SMILES string of the molecule is C=C/C(O)=C/C(C)=O. The molecule has 0 atom stereocenters. The third-order valence-electron chi connectivity index (χ3n) is 0.560. The lowest BCUT2D eigenvalue weighted by Gasteiger charge is -1.83. The van der Waals surface area contributed by atoms with Crippen LogP contribution in [-0.4, -0.2) is 10.9 Å². The van der Waals surface area contributed by atoms with Crippen LogP contribution in [0.5, 0.6) is 0 Å². The minimum atomic E-state index is -0.178. The lowest BCUT2D eigenvalue weighted by molar-refractivity contribution is -0.112. The summed E-state index contributed by atoms with van der Waals surface area (Å²) in [6.07, 6.45) is 2.31. The van der Waals surface area contributed by atoms with Gasteiger partial charge in [-0.15, -0.1) is 0 Å². The first kappa shape index (κ1) is 6.95. The number of aliphatic hydroxyl groups excluding tert-OH is 1. The number of carbonyl (C=O) groups excluding carboxylic acids is 1. The third-order valence-corrected chi connectivity index (χ3v) is 0.560. The number of hydrogen-bond acceptors (Lipinski definition) is 2. The fourth-order valence-electron chi connectivity index (χ4n) is 0.267. The molecular formula is C6H8O2. The van der Waals surface area contributed by atoms with Gasteiger partial charge in [-0.05, 0) is 13.0 Å². The summed E-state index contributed by atoms with van der Waals surface area (Å²) in [6.45, 7) is 4.60. The number of aliphatic hydroxyl groups is 1. The first-order valence-electron chi connectivity index (χ1n) is 2.20. The Morgan fingerprint density at radius 1 is 1.75 bits per heavy atom. The smallest absolute Gasteiger partial charge is 0.156 e. The lowest BCUT2D eigenvalue weighted by atomic mass is 10.3. The van der Waals surface area contributed by atoms with Gasteiger partial charge in [0, 0.05) is 6.08 Å². The average Bonchev–Trinajstić information content (AvgIpc) is 1.65. The van der Waals surface area contributed by atoms with Crippen molar-refractivity contribution in [2.75, 3.05) is 0 Å². The van der Waals surface area contributed by atoms with E-state index in [1.165, 1.54) is 13.0 Å². The first-order valence-corrected chi connectivity index (χ1v) is 2.20. The predicted octanol–water partition coefficient (Wildman–Crippen LogP) is 1.20. The summed E-state index contributed by atoms with van der Waals surface area (Å²) in [4.78, 5) is 10.1. The Morgan fingerprint density at radius 3 is 2.38 bits per heavy atom. The molecule has 8 heavy (non-hydrogen) atoms. The van der Waals surface area contributed by atoms with E-state index in [9.17, 15) is 4.79 Å². The molecule has 0 aliphatic rings. The minimum absolute atomic E-state index is 0.0856. The summed E-state index contributed by atoms with van der Waals surface area (Å²) in [7, 11) is 0. The zero-order valence-electron chi connectivity index (χ0n) is 4.72. The van der Waals surface area contributed by atoms with Crippen LogP contribution in [-0.2, 0) is 4.79 Å². The van der Waals surface area contributed by atoms with Gasteiger partial charge < -0.3 is 5.11 Å². The van der Waals surface area contributed by atoms with Crippen molar-refractivity contribution in [2.45, 2.75) is 6.92 Å². The van der Waals surface area contributed by atoms with Crippen molar-refractivity contribution in [3.05, 3.63) is 24.5 Å². The average molecular weight is 112 g/mol. The van der Waals surface area contributed by atoms with Crippen molar-refractivity contribution in [2.24, 2.45) is 0 Å². The Hall–Kier alpha value is -1.05. The van der Waals surface area contributed by atoms with Crippen molar-refractivity contribution in [3.8, 4) is 0 Å². The molecule has 0 saturated carbocycles. The highest BCUT2D eigenvalue weighted by molar-refractivity contribution is 5.87. The van der Waals surface area contributed by atoms with E-state index < -0.39 is 0 Å². The molecule has 0 unspecified atom stereocenters. The van der Waals surface area contributed by atoms with Crippen LogP contribution in [0.1, 0.15) is 6.92 Å². The van der Waals surface area contributed by atoms with Gasteiger partial charge in [0.25, 0.3) is 0 Å². The van der Waals surface area contributed by atoms with Gasteiger partial charge in [-0.1, -0.05) is 6.58 Å². The van der Waals surface area contributed by atoms with Gasteiger partial charge in [-0.25, -0.2) is 0 Å². The normalized spacial score (nSPS) is 10.9. The van der Waals surface area contributed by atoms with Crippen LogP contribution in [0.2, 0.25) is 0 Å². The first-order chi connectivity index (χ1) is 3.66. The van der Waals surface area contributed by atoms with E-state index in [-0.39, 0.29) is 11.5 Å². The van der Waals surface area contributed by atoms with Crippen LogP contribution in [0.4, 0.5) is 0 Å². The van der Waals surface area contributed by atoms with E-state index in [4.69, 9.17) is 5.11 Å². The predicted molar refractivity (Wildman–Crippen MR) is 31.6 cm³/mol. The van der Waals surface area contributed by atoms with Crippen LogP contribution in [0, 0.1) is 0 Å². The molecule has 0 bridgehead atoms. The molecule has 0 spiro atoms. The van der Waals surface area contributed by atoms with Gasteiger partial charge in [0.15, 0.2) is 5.78 Å². The highest BCUT2D eigenvalue weighted by Gasteiger charge is 1.85. The molecule has 0 aromatic rings. The molecule has 0 aromatic heterocycles. The molecule has 0 amide bonds. The number of hydrogen-bond donors (Lipinski definition) is 1. The van der Waals surface area contributed by atoms with Crippen molar-refractivity contribution in [1.82, 2.24) is 0 Å². The largest absolute Gasteiger partial charge is 0.508 e. The molecule has 1 N–H and O–H groups in total. The number of carbonyl (C=O) groups is 1. The Bertz CT molecular complexity index is 133. The van der Waals surface area contributed by atoms with E-state index in [0.29, 0.717) is 0 Å². The summed E-state index contributed by atoms with van der Waals surface area (Å²) >= 11 is 0. The summed E-state index contributed by atoms with van der Waals surface area (Å²) in [5.41, 5.74) is 0.